The zero-order chi connectivity index (χ0) is 15.4. The van der Waals surface area contributed by atoms with Gasteiger partial charge in [0.05, 0.1) is 26.2 Å². The van der Waals surface area contributed by atoms with Gasteiger partial charge in [0.15, 0.2) is 0 Å². The van der Waals surface area contributed by atoms with E-state index >= 15 is 0 Å². The Morgan fingerprint density at radius 3 is 2.90 bits per heavy atom. The highest BCUT2D eigenvalue weighted by Gasteiger charge is 2.27. The van der Waals surface area contributed by atoms with E-state index in [4.69, 9.17) is 4.74 Å². The molecule has 1 amide bonds. The molecule has 1 unspecified atom stereocenters. The molecule has 1 saturated heterocycles. The van der Waals surface area contributed by atoms with Crippen LogP contribution in [0, 0.1) is 6.92 Å². The maximum absolute atomic E-state index is 12.5. The standard InChI is InChI=1S/C15H19NO5/c1-10-7-11(17)3-4-13(10)15(19)16-5-6-21-12(9-16)8-14(18)20-2/h3-4,7,12,17H,5-6,8-9H2,1-2H3. The zero-order valence-electron chi connectivity index (χ0n) is 12.2. The number of hydrogen-bond donors (Lipinski definition) is 1. The van der Waals surface area contributed by atoms with Crippen LogP contribution in [0.15, 0.2) is 18.2 Å². The van der Waals surface area contributed by atoms with E-state index in [9.17, 15) is 14.7 Å². The number of benzene rings is 1. The van der Waals surface area contributed by atoms with Crippen LogP contribution in [-0.4, -0.2) is 54.8 Å². The van der Waals surface area contributed by atoms with Crippen LogP contribution < -0.4 is 0 Å². The SMILES string of the molecule is COC(=O)CC1CN(C(=O)c2ccc(O)cc2C)CCO1. The molecule has 0 aliphatic carbocycles. The topological polar surface area (TPSA) is 76.1 Å². The van der Waals surface area contributed by atoms with Gasteiger partial charge in [0.2, 0.25) is 0 Å². The van der Waals surface area contributed by atoms with E-state index in [2.05, 4.69) is 4.74 Å². The molecule has 1 aliphatic heterocycles. The Morgan fingerprint density at radius 2 is 2.24 bits per heavy atom. The average molecular weight is 293 g/mol. The van der Waals surface area contributed by atoms with Crippen molar-refractivity contribution in [3.05, 3.63) is 29.3 Å². The quantitative estimate of drug-likeness (QED) is 0.845. The lowest BCUT2D eigenvalue weighted by molar-refractivity contribution is -0.145. The lowest BCUT2D eigenvalue weighted by Crippen LogP contribution is -2.46. The maximum atomic E-state index is 12.5. The number of phenols is 1. The number of morpholine rings is 1. The van der Waals surface area contributed by atoms with E-state index < -0.39 is 0 Å². The van der Waals surface area contributed by atoms with Gasteiger partial charge in [-0.1, -0.05) is 0 Å². The van der Waals surface area contributed by atoms with Gasteiger partial charge in [-0.3, -0.25) is 9.59 Å². The molecule has 1 aliphatic rings. The number of esters is 1. The molecule has 0 saturated carbocycles. The van der Waals surface area contributed by atoms with Crippen LogP contribution in [0.3, 0.4) is 0 Å². The molecule has 1 fully saturated rings. The highest BCUT2D eigenvalue weighted by Crippen LogP contribution is 2.19. The first-order valence-corrected chi connectivity index (χ1v) is 6.78. The van der Waals surface area contributed by atoms with Crippen LogP contribution >= 0.6 is 0 Å². The lowest BCUT2D eigenvalue weighted by atomic mass is 10.1. The summed E-state index contributed by atoms with van der Waals surface area (Å²) < 4.78 is 10.1. The van der Waals surface area contributed by atoms with Crippen molar-refractivity contribution in [1.29, 1.82) is 0 Å². The Labute approximate surface area is 123 Å². The summed E-state index contributed by atoms with van der Waals surface area (Å²) >= 11 is 0. The van der Waals surface area contributed by atoms with E-state index in [1.807, 2.05) is 0 Å². The van der Waals surface area contributed by atoms with E-state index in [0.717, 1.165) is 5.56 Å². The minimum Gasteiger partial charge on any atom is -0.508 e. The number of carbonyl (C=O) groups excluding carboxylic acids is 2. The second kappa shape index (κ2) is 6.58. The molecule has 6 heteroatoms. The van der Waals surface area contributed by atoms with Crippen molar-refractivity contribution < 1.29 is 24.2 Å². The van der Waals surface area contributed by atoms with Crippen LogP contribution in [0.2, 0.25) is 0 Å². The number of ether oxygens (including phenoxy) is 2. The molecular formula is C15H19NO5. The van der Waals surface area contributed by atoms with Gasteiger partial charge in [-0.25, -0.2) is 0 Å². The van der Waals surface area contributed by atoms with Crippen LogP contribution in [-0.2, 0) is 14.3 Å². The number of carbonyl (C=O) groups is 2. The van der Waals surface area contributed by atoms with E-state index in [0.29, 0.717) is 25.3 Å². The summed E-state index contributed by atoms with van der Waals surface area (Å²) in [5.41, 5.74) is 1.27. The monoisotopic (exact) mass is 293 g/mol. The third-order valence-corrected chi connectivity index (χ3v) is 3.49. The summed E-state index contributed by atoms with van der Waals surface area (Å²) in [5.74, 6) is -0.338. The van der Waals surface area contributed by atoms with Gasteiger partial charge < -0.3 is 19.5 Å². The maximum Gasteiger partial charge on any atom is 0.308 e. The number of aryl methyl sites for hydroxylation is 1. The minimum atomic E-state index is -0.352. The summed E-state index contributed by atoms with van der Waals surface area (Å²) in [6, 6.07) is 4.66. The van der Waals surface area contributed by atoms with E-state index in [1.165, 1.54) is 13.2 Å². The molecule has 0 bridgehead atoms. The molecular weight excluding hydrogens is 274 g/mol. The molecule has 0 radical (unpaired) electrons. The van der Waals surface area contributed by atoms with Crippen LogP contribution in [0.1, 0.15) is 22.3 Å². The molecule has 0 spiro atoms. The summed E-state index contributed by atoms with van der Waals surface area (Å²) in [7, 11) is 1.33. The lowest BCUT2D eigenvalue weighted by Gasteiger charge is -2.32. The number of amides is 1. The first-order chi connectivity index (χ1) is 10.0. The number of nitrogens with zero attached hydrogens (tertiary/aromatic N) is 1. The first-order valence-electron chi connectivity index (χ1n) is 6.78. The third-order valence-electron chi connectivity index (χ3n) is 3.49. The van der Waals surface area contributed by atoms with Crippen molar-refractivity contribution in [2.75, 3.05) is 26.8 Å². The molecule has 6 nitrogen and oxygen atoms in total. The zero-order valence-corrected chi connectivity index (χ0v) is 12.2. The van der Waals surface area contributed by atoms with Crippen molar-refractivity contribution >= 4 is 11.9 Å². The second-order valence-electron chi connectivity index (χ2n) is 5.02. The highest BCUT2D eigenvalue weighted by atomic mass is 16.5. The van der Waals surface area contributed by atoms with Gasteiger partial charge in [0, 0.05) is 18.7 Å². The normalized spacial score (nSPS) is 18.4. The van der Waals surface area contributed by atoms with Gasteiger partial charge in [-0.15, -0.1) is 0 Å². The van der Waals surface area contributed by atoms with Crippen molar-refractivity contribution in [1.82, 2.24) is 4.90 Å². The number of rotatable bonds is 3. The first kappa shape index (κ1) is 15.3. The summed E-state index contributed by atoms with van der Waals surface area (Å²) in [6.07, 6.45) is -0.206. The molecule has 1 heterocycles. The number of methoxy groups -OCH3 is 1. The van der Waals surface area contributed by atoms with Crippen molar-refractivity contribution in [2.24, 2.45) is 0 Å². The average Bonchev–Trinajstić information content (AvgIpc) is 2.47. The largest absolute Gasteiger partial charge is 0.508 e. The molecule has 2 rings (SSSR count). The smallest absolute Gasteiger partial charge is 0.308 e. The second-order valence-corrected chi connectivity index (χ2v) is 5.02. The number of aromatic hydroxyl groups is 1. The predicted octanol–water partition coefficient (Wildman–Crippen LogP) is 1.10. The number of hydrogen-bond acceptors (Lipinski definition) is 5. The fourth-order valence-electron chi connectivity index (χ4n) is 2.35. The Balaban J connectivity index is 2.06. The van der Waals surface area contributed by atoms with Gasteiger partial charge >= 0.3 is 5.97 Å². The minimum absolute atomic E-state index is 0.120. The van der Waals surface area contributed by atoms with E-state index in [1.54, 1.807) is 24.0 Å². The van der Waals surface area contributed by atoms with Gasteiger partial charge in [-0.2, -0.15) is 0 Å². The summed E-state index contributed by atoms with van der Waals surface area (Å²) in [5, 5.41) is 9.40. The molecule has 1 N–H and O–H groups in total. The fourth-order valence-corrected chi connectivity index (χ4v) is 2.35. The molecule has 1 aromatic carbocycles. The van der Waals surface area contributed by atoms with Gasteiger partial charge in [0.1, 0.15) is 5.75 Å². The van der Waals surface area contributed by atoms with Crippen molar-refractivity contribution in [2.45, 2.75) is 19.4 Å². The highest BCUT2D eigenvalue weighted by molar-refractivity contribution is 5.96. The summed E-state index contributed by atoms with van der Waals surface area (Å²) in [4.78, 5) is 25.5. The Hall–Kier alpha value is -2.08. The Morgan fingerprint density at radius 1 is 1.48 bits per heavy atom. The molecule has 114 valence electrons. The molecule has 1 atom stereocenters. The van der Waals surface area contributed by atoms with Gasteiger partial charge in [0.25, 0.3) is 5.91 Å². The molecule has 21 heavy (non-hydrogen) atoms. The van der Waals surface area contributed by atoms with Crippen LogP contribution in [0.4, 0.5) is 0 Å². The predicted molar refractivity (Wildman–Crippen MR) is 75.1 cm³/mol. The fraction of sp³-hybridized carbons (Fsp3) is 0.467. The van der Waals surface area contributed by atoms with E-state index in [-0.39, 0.29) is 30.2 Å². The summed E-state index contributed by atoms with van der Waals surface area (Å²) in [6.45, 7) is 3.01. The molecule has 0 aromatic heterocycles. The third kappa shape index (κ3) is 3.72. The van der Waals surface area contributed by atoms with Crippen LogP contribution in [0.25, 0.3) is 0 Å². The number of phenolic OH excluding ortho intramolecular Hbond substituents is 1. The van der Waals surface area contributed by atoms with Crippen LogP contribution in [0.5, 0.6) is 5.75 Å². The Kier molecular flexibility index (Phi) is 4.80. The van der Waals surface area contributed by atoms with Gasteiger partial charge in [-0.05, 0) is 30.7 Å². The van der Waals surface area contributed by atoms with Crippen molar-refractivity contribution in [3.8, 4) is 5.75 Å². The van der Waals surface area contributed by atoms with Crippen molar-refractivity contribution in [3.63, 3.8) is 0 Å². The molecule has 1 aromatic rings. The Bertz CT molecular complexity index is 543.